The minimum Gasteiger partial charge on any atom is -0.493 e. The third-order valence-electron chi connectivity index (χ3n) is 7.49. The number of nitrogens with one attached hydrogen (secondary N) is 1. The molecule has 0 fully saturated rings. The standard InChI is InChI=1S/C34H47N3O4/c1-7-10-16-39-29-21-30(40-17-11-8-2)28(20-27(29)18-23(4)5)33-31(32(36-41-33)34(38)35-9-3)25-12-13-26-22-37(6)15-14-24(26)19-25/h12-13,19-21,23H,7-11,14-18,22H2,1-6H3,(H,35,38). The zero-order valence-electron chi connectivity index (χ0n) is 25.8. The number of ether oxygens (including phenoxy) is 2. The Kier molecular flexibility index (Phi) is 10.9. The van der Waals surface area contributed by atoms with Crippen molar-refractivity contribution in [1.29, 1.82) is 0 Å². The fourth-order valence-electron chi connectivity index (χ4n) is 5.28. The number of hydrogen-bond donors (Lipinski definition) is 1. The number of hydrogen-bond acceptors (Lipinski definition) is 6. The summed E-state index contributed by atoms with van der Waals surface area (Å²) < 4.78 is 18.7. The zero-order valence-corrected chi connectivity index (χ0v) is 25.8. The molecule has 0 bridgehead atoms. The fourth-order valence-corrected chi connectivity index (χ4v) is 5.28. The highest BCUT2D eigenvalue weighted by atomic mass is 16.5. The van der Waals surface area contributed by atoms with E-state index in [4.69, 9.17) is 14.0 Å². The van der Waals surface area contributed by atoms with Gasteiger partial charge in [0.05, 0.1) is 24.3 Å². The number of likely N-dealkylation sites (N-methyl/N-ethyl adjacent to an activating group) is 1. The van der Waals surface area contributed by atoms with Gasteiger partial charge in [-0.2, -0.15) is 0 Å². The van der Waals surface area contributed by atoms with Crippen molar-refractivity contribution < 1.29 is 18.8 Å². The third-order valence-corrected chi connectivity index (χ3v) is 7.49. The summed E-state index contributed by atoms with van der Waals surface area (Å²) in [6.07, 6.45) is 5.84. The van der Waals surface area contributed by atoms with E-state index < -0.39 is 0 Å². The Balaban J connectivity index is 1.90. The molecule has 1 aliphatic heterocycles. The molecule has 0 saturated heterocycles. The van der Waals surface area contributed by atoms with Crippen LogP contribution in [0.15, 0.2) is 34.9 Å². The molecule has 3 aromatic rings. The van der Waals surface area contributed by atoms with Gasteiger partial charge in [0.2, 0.25) is 0 Å². The van der Waals surface area contributed by atoms with E-state index in [1.54, 1.807) is 0 Å². The highest BCUT2D eigenvalue weighted by Crippen LogP contribution is 2.43. The molecule has 1 N–H and O–H groups in total. The molecule has 41 heavy (non-hydrogen) atoms. The Labute approximate surface area is 245 Å². The molecule has 1 aromatic heterocycles. The first-order valence-corrected chi connectivity index (χ1v) is 15.4. The number of aromatic nitrogens is 1. The fraction of sp³-hybridized carbons (Fsp3) is 0.529. The molecule has 0 unspecified atom stereocenters. The maximum Gasteiger partial charge on any atom is 0.274 e. The van der Waals surface area contributed by atoms with Crippen molar-refractivity contribution in [2.75, 3.05) is 33.4 Å². The molecule has 2 heterocycles. The number of benzene rings is 2. The molecule has 0 spiro atoms. The van der Waals surface area contributed by atoms with Gasteiger partial charge in [-0.15, -0.1) is 0 Å². The molecule has 0 saturated carbocycles. The summed E-state index contributed by atoms with van der Waals surface area (Å²) in [5.41, 5.74) is 6.44. The summed E-state index contributed by atoms with van der Waals surface area (Å²) in [6, 6.07) is 10.6. The van der Waals surface area contributed by atoms with Crippen LogP contribution < -0.4 is 14.8 Å². The average molecular weight is 562 g/mol. The topological polar surface area (TPSA) is 76.8 Å². The van der Waals surface area contributed by atoms with E-state index in [1.807, 2.05) is 13.0 Å². The summed E-state index contributed by atoms with van der Waals surface area (Å²) in [5.74, 6) is 2.28. The SMILES string of the molecule is CCCCOc1cc(OCCCC)c(-c2onc(C(=O)NCC)c2-c2ccc3c(c2)CCN(C)C3)cc1CC(C)C. The van der Waals surface area contributed by atoms with Crippen LogP contribution in [0.4, 0.5) is 0 Å². The Morgan fingerprint density at radius 1 is 1.02 bits per heavy atom. The van der Waals surface area contributed by atoms with Gasteiger partial charge in [-0.05, 0) is 73.9 Å². The maximum atomic E-state index is 13.2. The first kappa shape index (κ1) is 30.6. The van der Waals surface area contributed by atoms with E-state index in [2.05, 4.69) is 74.4 Å². The number of carbonyl (C=O) groups is 1. The van der Waals surface area contributed by atoms with Crippen molar-refractivity contribution in [2.24, 2.45) is 5.92 Å². The van der Waals surface area contributed by atoms with Crippen molar-refractivity contribution in [3.8, 4) is 33.9 Å². The zero-order chi connectivity index (χ0) is 29.4. The van der Waals surface area contributed by atoms with Gasteiger partial charge in [-0.1, -0.05) is 63.9 Å². The summed E-state index contributed by atoms with van der Waals surface area (Å²) in [7, 11) is 2.15. The van der Waals surface area contributed by atoms with Crippen LogP contribution in [-0.4, -0.2) is 49.3 Å². The van der Waals surface area contributed by atoms with Crippen LogP contribution in [0.25, 0.3) is 22.5 Å². The van der Waals surface area contributed by atoms with Gasteiger partial charge in [-0.3, -0.25) is 4.79 Å². The molecule has 7 heteroatoms. The Hall–Kier alpha value is -3.32. The molecule has 1 amide bonds. The molecule has 1 aliphatic rings. The number of carbonyl (C=O) groups excluding carboxylic acids is 1. The van der Waals surface area contributed by atoms with Crippen LogP contribution in [0.3, 0.4) is 0 Å². The van der Waals surface area contributed by atoms with Crippen molar-refractivity contribution in [2.45, 2.75) is 79.7 Å². The monoisotopic (exact) mass is 561 g/mol. The largest absolute Gasteiger partial charge is 0.493 e. The van der Waals surface area contributed by atoms with Crippen molar-refractivity contribution in [3.05, 3.63) is 52.7 Å². The molecule has 4 rings (SSSR count). The second-order valence-corrected chi connectivity index (χ2v) is 11.5. The summed E-state index contributed by atoms with van der Waals surface area (Å²) >= 11 is 0. The van der Waals surface area contributed by atoms with Gasteiger partial charge >= 0.3 is 0 Å². The summed E-state index contributed by atoms with van der Waals surface area (Å²) in [6.45, 7) is 14.3. The lowest BCUT2D eigenvalue weighted by atomic mass is 9.91. The minimum atomic E-state index is -0.245. The van der Waals surface area contributed by atoms with Gasteiger partial charge in [0.1, 0.15) is 11.5 Å². The normalized spacial score (nSPS) is 13.3. The van der Waals surface area contributed by atoms with Crippen LogP contribution >= 0.6 is 0 Å². The van der Waals surface area contributed by atoms with Gasteiger partial charge in [0.15, 0.2) is 11.5 Å². The molecule has 0 radical (unpaired) electrons. The summed E-state index contributed by atoms with van der Waals surface area (Å²) in [4.78, 5) is 15.6. The molecule has 222 valence electrons. The lowest BCUT2D eigenvalue weighted by molar-refractivity contribution is 0.0947. The van der Waals surface area contributed by atoms with Crippen molar-refractivity contribution in [3.63, 3.8) is 0 Å². The predicted octanol–water partition coefficient (Wildman–Crippen LogP) is 7.30. The van der Waals surface area contributed by atoms with E-state index in [9.17, 15) is 4.79 Å². The number of fused-ring (bicyclic) bond motifs is 1. The summed E-state index contributed by atoms with van der Waals surface area (Å²) in [5, 5.41) is 7.26. The van der Waals surface area contributed by atoms with Crippen LogP contribution in [0.5, 0.6) is 11.5 Å². The second kappa shape index (κ2) is 14.5. The van der Waals surface area contributed by atoms with E-state index in [1.165, 1.54) is 11.1 Å². The lowest BCUT2D eigenvalue weighted by Crippen LogP contribution is -2.26. The van der Waals surface area contributed by atoms with E-state index in [-0.39, 0.29) is 5.91 Å². The van der Waals surface area contributed by atoms with Crippen molar-refractivity contribution >= 4 is 5.91 Å². The Morgan fingerprint density at radius 2 is 1.76 bits per heavy atom. The number of nitrogens with zero attached hydrogens (tertiary/aromatic N) is 2. The van der Waals surface area contributed by atoms with Crippen LogP contribution in [0.2, 0.25) is 0 Å². The first-order chi connectivity index (χ1) is 19.9. The molecular weight excluding hydrogens is 514 g/mol. The predicted molar refractivity (Wildman–Crippen MR) is 165 cm³/mol. The maximum absolute atomic E-state index is 13.2. The van der Waals surface area contributed by atoms with Gasteiger partial charge in [-0.25, -0.2) is 0 Å². The lowest BCUT2D eigenvalue weighted by Gasteiger charge is -2.25. The molecule has 0 atom stereocenters. The van der Waals surface area contributed by atoms with Crippen LogP contribution in [0, 0.1) is 5.92 Å². The van der Waals surface area contributed by atoms with Crippen LogP contribution in [-0.2, 0) is 19.4 Å². The Bertz CT molecular complexity index is 1310. The highest BCUT2D eigenvalue weighted by molar-refractivity contribution is 6.02. The number of rotatable bonds is 14. The number of amides is 1. The quantitative estimate of drug-likeness (QED) is 0.208. The Morgan fingerprint density at radius 3 is 2.44 bits per heavy atom. The minimum absolute atomic E-state index is 0.245. The molecule has 0 aliphatic carbocycles. The third kappa shape index (κ3) is 7.50. The second-order valence-electron chi connectivity index (χ2n) is 11.5. The molecule has 7 nitrogen and oxygen atoms in total. The van der Waals surface area contributed by atoms with E-state index >= 15 is 0 Å². The van der Waals surface area contributed by atoms with E-state index in [0.29, 0.717) is 48.4 Å². The van der Waals surface area contributed by atoms with Gasteiger partial charge in [0, 0.05) is 25.7 Å². The smallest absolute Gasteiger partial charge is 0.274 e. The molecular formula is C34H47N3O4. The van der Waals surface area contributed by atoms with Gasteiger partial charge < -0.3 is 24.2 Å². The van der Waals surface area contributed by atoms with Crippen LogP contribution in [0.1, 0.15) is 87.5 Å². The average Bonchev–Trinajstić information content (AvgIpc) is 3.39. The number of unbranched alkanes of at least 4 members (excludes halogenated alkanes) is 2. The van der Waals surface area contributed by atoms with Gasteiger partial charge in [0.25, 0.3) is 5.91 Å². The molecule has 2 aromatic carbocycles. The highest BCUT2D eigenvalue weighted by Gasteiger charge is 2.28. The van der Waals surface area contributed by atoms with E-state index in [0.717, 1.165) is 74.1 Å². The van der Waals surface area contributed by atoms with Crippen molar-refractivity contribution in [1.82, 2.24) is 15.4 Å². The first-order valence-electron chi connectivity index (χ1n) is 15.4.